The summed E-state index contributed by atoms with van der Waals surface area (Å²) in [4.78, 5) is 23.8. The van der Waals surface area contributed by atoms with Gasteiger partial charge in [-0.15, -0.1) is 0 Å². The number of carbonyl (C=O) groups excluding carboxylic acids is 2. The molecular formula is C17H16ClNO5. The number of nitrogens with one attached hydrogen (secondary N) is 1. The summed E-state index contributed by atoms with van der Waals surface area (Å²) in [7, 11) is 0. The van der Waals surface area contributed by atoms with Crippen LogP contribution in [0, 0.1) is 0 Å². The van der Waals surface area contributed by atoms with Gasteiger partial charge in [0.15, 0.2) is 6.61 Å². The van der Waals surface area contributed by atoms with Crippen molar-refractivity contribution in [2.24, 2.45) is 0 Å². The molecule has 0 fully saturated rings. The van der Waals surface area contributed by atoms with E-state index >= 15 is 0 Å². The van der Waals surface area contributed by atoms with Gasteiger partial charge in [-0.2, -0.15) is 0 Å². The number of para-hydroxylation sites is 2. The van der Waals surface area contributed by atoms with Crippen molar-refractivity contribution in [3.8, 4) is 11.5 Å². The Morgan fingerprint density at radius 2 is 1.96 bits per heavy atom. The van der Waals surface area contributed by atoms with Crippen LogP contribution >= 0.6 is 11.6 Å². The molecule has 0 heterocycles. The third kappa shape index (κ3) is 4.63. The van der Waals surface area contributed by atoms with Crippen molar-refractivity contribution in [1.82, 2.24) is 0 Å². The molecule has 0 saturated carbocycles. The lowest BCUT2D eigenvalue weighted by Gasteiger charge is -2.11. The number of carbonyl (C=O) groups is 2. The molecule has 0 spiro atoms. The summed E-state index contributed by atoms with van der Waals surface area (Å²) in [5.74, 6) is -1.13. The second kappa shape index (κ2) is 8.21. The Morgan fingerprint density at radius 1 is 1.21 bits per heavy atom. The largest absolute Gasteiger partial charge is 0.507 e. The van der Waals surface area contributed by atoms with Gasteiger partial charge in [-0.1, -0.05) is 23.7 Å². The van der Waals surface area contributed by atoms with Crippen molar-refractivity contribution in [2.45, 2.75) is 6.92 Å². The van der Waals surface area contributed by atoms with Crippen LogP contribution in [0.2, 0.25) is 5.02 Å². The second-order valence-corrected chi connectivity index (χ2v) is 5.15. The summed E-state index contributed by atoms with van der Waals surface area (Å²) >= 11 is 5.77. The van der Waals surface area contributed by atoms with E-state index in [2.05, 4.69) is 5.32 Å². The lowest BCUT2D eigenvalue weighted by atomic mass is 10.2. The molecule has 0 unspecified atom stereocenters. The fraction of sp³-hybridized carbons (Fsp3) is 0.176. The van der Waals surface area contributed by atoms with E-state index in [1.54, 1.807) is 24.3 Å². The highest BCUT2D eigenvalue weighted by molar-refractivity contribution is 6.31. The first-order valence-electron chi connectivity index (χ1n) is 7.18. The fourth-order valence-corrected chi connectivity index (χ4v) is 2.09. The predicted octanol–water partition coefficient (Wildman–Crippen LogP) is 3.24. The minimum Gasteiger partial charge on any atom is -0.507 e. The highest BCUT2D eigenvalue weighted by atomic mass is 35.5. The van der Waals surface area contributed by atoms with Gasteiger partial charge in [0.1, 0.15) is 17.1 Å². The Kier molecular flexibility index (Phi) is 6.03. The van der Waals surface area contributed by atoms with E-state index in [9.17, 15) is 14.7 Å². The van der Waals surface area contributed by atoms with Crippen LogP contribution in [0.1, 0.15) is 17.3 Å². The van der Waals surface area contributed by atoms with Crippen LogP contribution in [-0.4, -0.2) is 30.2 Å². The summed E-state index contributed by atoms with van der Waals surface area (Å²) in [6.45, 7) is 1.78. The first kappa shape index (κ1) is 17.6. The Bertz CT molecular complexity index is 748. The lowest BCUT2D eigenvalue weighted by molar-refractivity contribution is -0.119. The van der Waals surface area contributed by atoms with Gasteiger partial charge in [-0.05, 0) is 37.3 Å². The van der Waals surface area contributed by atoms with Crippen LogP contribution in [0.4, 0.5) is 5.69 Å². The quantitative estimate of drug-likeness (QED) is 0.782. The average molecular weight is 350 g/mol. The van der Waals surface area contributed by atoms with Crippen LogP contribution in [0.3, 0.4) is 0 Å². The smallest absolute Gasteiger partial charge is 0.342 e. The molecule has 2 aromatic carbocycles. The van der Waals surface area contributed by atoms with E-state index in [4.69, 9.17) is 21.1 Å². The van der Waals surface area contributed by atoms with Crippen molar-refractivity contribution in [3.05, 3.63) is 53.1 Å². The number of rotatable bonds is 6. The molecule has 2 aromatic rings. The number of amides is 1. The summed E-state index contributed by atoms with van der Waals surface area (Å²) in [6, 6.07) is 10.9. The SMILES string of the molecule is CCOc1ccccc1NC(=O)COC(=O)c1cc(Cl)ccc1O. The van der Waals surface area contributed by atoms with Crippen LogP contribution in [0.5, 0.6) is 11.5 Å². The van der Waals surface area contributed by atoms with Crippen molar-refractivity contribution in [2.75, 3.05) is 18.5 Å². The first-order valence-corrected chi connectivity index (χ1v) is 7.56. The fourth-order valence-electron chi connectivity index (χ4n) is 1.92. The number of phenols is 1. The molecule has 126 valence electrons. The van der Waals surface area contributed by atoms with Gasteiger partial charge in [-0.25, -0.2) is 4.79 Å². The van der Waals surface area contributed by atoms with Crippen molar-refractivity contribution < 1.29 is 24.2 Å². The third-order valence-corrected chi connectivity index (χ3v) is 3.21. The third-order valence-electron chi connectivity index (χ3n) is 2.97. The van der Waals surface area contributed by atoms with Gasteiger partial charge < -0.3 is 19.9 Å². The van der Waals surface area contributed by atoms with E-state index in [0.29, 0.717) is 18.0 Å². The van der Waals surface area contributed by atoms with Gasteiger partial charge in [0.05, 0.1) is 12.3 Å². The topological polar surface area (TPSA) is 84.9 Å². The molecule has 0 aliphatic heterocycles. The Hall–Kier alpha value is -2.73. The number of hydrogen-bond donors (Lipinski definition) is 2. The van der Waals surface area contributed by atoms with Crippen molar-refractivity contribution >= 4 is 29.2 Å². The Morgan fingerprint density at radius 3 is 2.71 bits per heavy atom. The number of hydrogen-bond acceptors (Lipinski definition) is 5. The first-order chi connectivity index (χ1) is 11.5. The molecule has 2 rings (SSSR count). The molecule has 0 aliphatic carbocycles. The zero-order valence-corrected chi connectivity index (χ0v) is 13.7. The predicted molar refractivity (Wildman–Crippen MR) is 89.6 cm³/mol. The molecule has 0 aliphatic rings. The minimum atomic E-state index is -0.844. The number of aromatic hydroxyl groups is 1. The van der Waals surface area contributed by atoms with E-state index in [1.807, 2.05) is 6.92 Å². The van der Waals surface area contributed by atoms with Gasteiger partial charge in [0.2, 0.25) is 0 Å². The summed E-state index contributed by atoms with van der Waals surface area (Å²) in [5.41, 5.74) is 0.371. The standard InChI is InChI=1S/C17H16ClNO5/c1-2-23-15-6-4-3-5-13(15)19-16(21)10-24-17(22)12-9-11(18)7-8-14(12)20/h3-9,20H,2,10H2,1H3,(H,19,21). The molecule has 6 nitrogen and oxygen atoms in total. The zero-order valence-electron chi connectivity index (χ0n) is 12.9. The molecule has 24 heavy (non-hydrogen) atoms. The average Bonchev–Trinajstić information content (AvgIpc) is 2.57. The second-order valence-electron chi connectivity index (χ2n) is 4.71. The number of phenolic OH excluding ortho intramolecular Hbond substituents is 1. The maximum Gasteiger partial charge on any atom is 0.342 e. The molecule has 0 bridgehead atoms. The van der Waals surface area contributed by atoms with E-state index in [-0.39, 0.29) is 16.3 Å². The summed E-state index contributed by atoms with van der Waals surface area (Å²) in [6.07, 6.45) is 0. The number of esters is 1. The molecule has 2 N–H and O–H groups in total. The minimum absolute atomic E-state index is 0.106. The Labute approximate surface area is 144 Å². The van der Waals surface area contributed by atoms with E-state index < -0.39 is 18.5 Å². The number of anilines is 1. The molecule has 0 radical (unpaired) electrons. The Balaban J connectivity index is 1.96. The van der Waals surface area contributed by atoms with Crippen LogP contribution in [0.15, 0.2) is 42.5 Å². The molecule has 1 amide bonds. The van der Waals surface area contributed by atoms with Crippen LogP contribution in [-0.2, 0) is 9.53 Å². The van der Waals surface area contributed by atoms with Crippen molar-refractivity contribution in [1.29, 1.82) is 0 Å². The summed E-state index contributed by atoms with van der Waals surface area (Å²) in [5, 5.41) is 12.5. The molecule has 0 aromatic heterocycles. The molecule has 0 atom stereocenters. The van der Waals surface area contributed by atoms with Gasteiger partial charge in [0, 0.05) is 5.02 Å². The van der Waals surface area contributed by atoms with Gasteiger partial charge >= 0.3 is 5.97 Å². The lowest BCUT2D eigenvalue weighted by Crippen LogP contribution is -2.21. The van der Waals surface area contributed by atoms with Crippen molar-refractivity contribution in [3.63, 3.8) is 0 Å². The highest BCUT2D eigenvalue weighted by Crippen LogP contribution is 2.24. The number of ether oxygens (including phenoxy) is 2. The van der Waals surface area contributed by atoms with Crippen LogP contribution < -0.4 is 10.1 Å². The molecular weight excluding hydrogens is 334 g/mol. The maximum atomic E-state index is 11.9. The van der Waals surface area contributed by atoms with Gasteiger partial charge in [-0.3, -0.25) is 4.79 Å². The van der Waals surface area contributed by atoms with Gasteiger partial charge in [0.25, 0.3) is 5.91 Å². The highest BCUT2D eigenvalue weighted by Gasteiger charge is 2.15. The zero-order chi connectivity index (χ0) is 17.5. The maximum absolute atomic E-state index is 11.9. The number of halogens is 1. The molecule has 7 heteroatoms. The monoisotopic (exact) mass is 349 g/mol. The molecule has 0 saturated heterocycles. The van der Waals surface area contributed by atoms with Crippen LogP contribution in [0.25, 0.3) is 0 Å². The van der Waals surface area contributed by atoms with E-state index in [1.165, 1.54) is 18.2 Å². The number of benzene rings is 2. The van der Waals surface area contributed by atoms with E-state index in [0.717, 1.165) is 0 Å². The normalized spacial score (nSPS) is 10.1. The summed E-state index contributed by atoms with van der Waals surface area (Å²) < 4.78 is 10.3.